The summed E-state index contributed by atoms with van der Waals surface area (Å²) in [5.41, 5.74) is 1.18. The van der Waals surface area contributed by atoms with E-state index in [2.05, 4.69) is 10.3 Å². The summed E-state index contributed by atoms with van der Waals surface area (Å²) in [7, 11) is 1.49. The Morgan fingerprint density at radius 2 is 1.91 bits per heavy atom. The summed E-state index contributed by atoms with van der Waals surface area (Å²) in [6, 6.07) is 10.2. The average molecular weight is 353 g/mol. The van der Waals surface area contributed by atoms with Crippen LogP contribution in [0.3, 0.4) is 0 Å². The first-order valence-corrected chi connectivity index (χ1v) is 7.85. The molecule has 1 amide bonds. The second-order valence-corrected chi connectivity index (χ2v) is 6.33. The molecule has 0 bridgehead atoms. The number of fused-ring (bicyclic) bond motifs is 1. The van der Waals surface area contributed by atoms with Crippen molar-refractivity contribution >= 4 is 55.8 Å². The minimum atomic E-state index is -0.307. The van der Waals surface area contributed by atoms with Gasteiger partial charge in [0.25, 0.3) is 5.91 Å². The largest absolute Gasteiger partial charge is 0.496 e. The van der Waals surface area contributed by atoms with E-state index in [4.69, 9.17) is 27.9 Å². The summed E-state index contributed by atoms with van der Waals surface area (Å²) in [6.07, 6.45) is 0. The monoisotopic (exact) mass is 352 g/mol. The predicted molar refractivity (Wildman–Crippen MR) is 90.6 cm³/mol. The maximum Gasteiger partial charge on any atom is 0.261 e. The normalized spacial score (nSPS) is 10.7. The van der Waals surface area contributed by atoms with Crippen LogP contribution >= 0.6 is 34.5 Å². The van der Waals surface area contributed by atoms with Crippen LogP contribution in [-0.2, 0) is 0 Å². The average Bonchev–Trinajstić information content (AvgIpc) is 2.88. The number of aromatic nitrogens is 1. The van der Waals surface area contributed by atoms with Gasteiger partial charge in [-0.25, -0.2) is 4.98 Å². The van der Waals surface area contributed by atoms with Crippen molar-refractivity contribution in [3.05, 3.63) is 52.0 Å². The first-order valence-electron chi connectivity index (χ1n) is 6.28. The van der Waals surface area contributed by atoms with Crippen molar-refractivity contribution in [2.75, 3.05) is 12.4 Å². The molecule has 1 aromatic heterocycles. The van der Waals surface area contributed by atoms with E-state index in [0.29, 0.717) is 26.5 Å². The number of halogens is 2. The van der Waals surface area contributed by atoms with E-state index < -0.39 is 0 Å². The lowest BCUT2D eigenvalue weighted by atomic mass is 10.2. The Morgan fingerprint density at radius 1 is 1.18 bits per heavy atom. The number of rotatable bonds is 3. The number of nitrogens with one attached hydrogen (secondary N) is 1. The SMILES string of the molecule is COc1cc(Cl)ccc1C(=O)Nc1nc2ccc(Cl)cc2s1. The topological polar surface area (TPSA) is 51.2 Å². The number of nitrogens with zero attached hydrogens (tertiary/aromatic N) is 1. The highest BCUT2D eigenvalue weighted by Gasteiger charge is 2.15. The molecular weight excluding hydrogens is 343 g/mol. The van der Waals surface area contributed by atoms with Gasteiger partial charge >= 0.3 is 0 Å². The molecule has 0 aliphatic heterocycles. The van der Waals surface area contributed by atoms with Crippen molar-refractivity contribution in [2.24, 2.45) is 0 Å². The van der Waals surface area contributed by atoms with Gasteiger partial charge in [0.1, 0.15) is 5.75 Å². The Balaban J connectivity index is 1.89. The number of hydrogen-bond donors (Lipinski definition) is 1. The van der Waals surface area contributed by atoms with Gasteiger partial charge in [0.2, 0.25) is 0 Å². The number of carbonyl (C=O) groups excluding carboxylic acids is 1. The quantitative estimate of drug-likeness (QED) is 0.731. The third kappa shape index (κ3) is 3.02. The van der Waals surface area contributed by atoms with E-state index in [0.717, 1.165) is 10.2 Å². The zero-order valence-electron chi connectivity index (χ0n) is 11.4. The second kappa shape index (κ2) is 6.12. The van der Waals surface area contributed by atoms with E-state index in [1.807, 2.05) is 12.1 Å². The van der Waals surface area contributed by atoms with Crippen LogP contribution in [0.1, 0.15) is 10.4 Å². The van der Waals surface area contributed by atoms with Gasteiger partial charge in [0.05, 0.1) is 22.9 Å². The van der Waals surface area contributed by atoms with Gasteiger partial charge in [0.15, 0.2) is 5.13 Å². The Labute approximate surface area is 140 Å². The van der Waals surface area contributed by atoms with Crippen LogP contribution in [0.5, 0.6) is 5.75 Å². The molecule has 4 nitrogen and oxygen atoms in total. The summed E-state index contributed by atoms with van der Waals surface area (Å²) in [5.74, 6) is 0.104. The highest BCUT2D eigenvalue weighted by Crippen LogP contribution is 2.29. The molecule has 1 heterocycles. The predicted octanol–water partition coefficient (Wildman–Crippen LogP) is 4.86. The van der Waals surface area contributed by atoms with Crippen LogP contribution in [0, 0.1) is 0 Å². The van der Waals surface area contributed by atoms with Crippen LogP contribution in [0.2, 0.25) is 10.0 Å². The van der Waals surface area contributed by atoms with Crippen molar-refractivity contribution in [2.45, 2.75) is 0 Å². The summed E-state index contributed by atoms with van der Waals surface area (Å²) in [4.78, 5) is 16.7. The molecule has 0 saturated heterocycles. The van der Waals surface area contributed by atoms with E-state index >= 15 is 0 Å². The number of amides is 1. The fraction of sp³-hybridized carbons (Fsp3) is 0.0667. The van der Waals surface area contributed by atoms with Gasteiger partial charge in [-0.15, -0.1) is 0 Å². The molecule has 0 radical (unpaired) electrons. The molecule has 22 heavy (non-hydrogen) atoms. The summed E-state index contributed by atoms with van der Waals surface area (Å²) in [5, 5.41) is 4.40. The molecule has 3 rings (SSSR count). The van der Waals surface area contributed by atoms with Gasteiger partial charge in [-0.2, -0.15) is 0 Å². The second-order valence-electron chi connectivity index (χ2n) is 4.43. The van der Waals surface area contributed by atoms with E-state index in [-0.39, 0.29) is 5.91 Å². The fourth-order valence-corrected chi connectivity index (χ4v) is 3.27. The van der Waals surface area contributed by atoms with Crippen molar-refractivity contribution in [3.63, 3.8) is 0 Å². The van der Waals surface area contributed by atoms with Gasteiger partial charge in [0, 0.05) is 10.0 Å². The fourth-order valence-electron chi connectivity index (χ4n) is 1.97. The van der Waals surface area contributed by atoms with Gasteiger partial charge in [-0.1, -0.05) is 34.5 Å². The molecule has 3 aromatic rings. The van der Waals surface area contributed by atoms with Crippen LogP contribution < -0.4 is 10.1 Å². The summed E-state index contributed by atoms with van der Waals surface area (Å²) in [6.45, 7) is 0. The van der Waals surface area contributed by atoms with Crippen molar-refractivity contribution in [1.82, 2.24) is 4.98 Å². The van der Waals surface area contributed by atoms with Gasteiger partial charge < -0.3 is 4.74 Å². The maximum absolute atomic E-state index is 12.4. The number of carbonyl (C=O) groups is 1. The number of benzene rings is 2. The smallest absolute Gasteiger partial charge is 0.261 e. The molecule has 0 aliphatic carbocycles. The van der Waals surface area contributed by atoms with Crippen LogP contribution in [0.4, 0.5) is 5.13 Å². The van der Waals surface area contributed by atoms with Crippen LogP contribution in [0.15, 0.2) is 36.4 Å². The van der Waals surface area contributed by atoms with Crippen molar-refractivity contribution in [1.29, 1.82) is 0 Å². The molecular formula is C15H10Cl2N2O2S. The molecule has 0 unspecified atom stereocenters. The molecule has 0 spiro atoms. The minimum absolute atomic E-state index is 0.307. The number of methoxy groups -OCH3 is 1. The minimum Gasteiger partial charge on any atom is -0.496 e. The number of thiazole rings is 1. The molecule has 7 heteroatoms. The van der Waals surface area contributed by atoms with E-state index in [1.54, 1.807) is 24.3 Å². The highest BCUT2D eigenvalue weighted by molar-refractivity contribution is 7.22. The molecule has 0 atom stereocenters. The van der Waals surface area contributed by atoms with E-state index in [9.17, 15) is 4.79 Å². The zero-order valence-corrected chi connectivity index (χ0v) is 13.7. The Hall–Kier alpha value is -1.82. The van der Waals surface area contributed by atoms with Crippen molar-refractivity contribution < 1.29 is 9.53 Å². The van der Waals surface area contributed by atoms with Crippen molar-refractivity contribution in [3.8, 4) is 5.75 Å². The Morgan fingerprint density at radius 3 is 2.68 bits per heavy atom. The third-order valence-electron chi connectivity index (χ3n) is 2.98. The molecule has 1 N–H and O–H groups in total. The summed E-state index contributed by atoms with van der Waals surface area (Å²) < 4.78 is 6.09. The van der Waals surface area contributed by atoms with Crippen LogP contribution in [-0.4, -0.2) is 18.0 Å². The molecule has 112 valence electrons. The molecule has 2 aromatic carbocycles. The highest BCUT2D eigenvalue weighted by atomic mass is 35.5. The van der Waals surface area contributed by atoms with Gasteiger partial charge in [-0.05, 0) is 36.4 Å². The molecule has 0 aliphatic rings. The lowest BCUT2D eigenvalue weighted by molar-refractivity contribution is 0.102. The Kier molecular flexibility index (Phi) is 4.20. The maximum atomic E-state index is 12.4. The van der Waals surface area contributed by atoms with E-state index in [1.165, 1.54) is 18.4 Å². The van der Waals surface area contributed by atoms with Crippen LogP contribution in [0.25, 0.3) is 10.2 Å². The lowest BCUT2D eigenvalue weighted by Crippen LogP contribution is -2.12. The first-order chi connectivity index (χ1) is 10.6. The van der Waals surface area contributed by atoms with Gasteiger partial charge in [-0.3, -0.25) is 10.1 Å². The lowest BCUT2D eigenvalue weighted by Gasteiger charge is -2.07. The molecule has 0 fully saturated rings. The molecule has 0 saturated carbocycles. The standard InChI is InChI=1S/C15H10Cl2N2O2S/c1-21-12-6-8(16)2-4-10(12)14(20)19-15-18-11-5-3-9(17)7-13(11)22-15/h2-7H,1H3,(H,18,19,20). The third-order valence-corrected chi connectivity index (χ3v) is 4.38. The Bertz CT molecular complexity index is 864. The zero-order chi connectivity index (χ0) is 15.7. The summed E-state index contributed by atoms with van der Waals surface area (Å²) >= 11 is 13.2. The number of anilines is 1. The first kappa shape index (κ1) is 15.1. The number of hydrogen-bond acceptors (Lipinski definition) is 4. The number of ether oxygens (including phenoxy) is 1.